The summed E-state index contributed by atoms with van der Waals surface area (Å²) < 4.78 is 49.9. The van der Waals surface area contributed by atoms with Gasteiger partial charge in [0.15, 0.2) is 0 Å². The molecule has 0 unspecified atom stereocenters. The molecule has 1 aromatic carbocycles. The number of rotatable bonds is 4. The van der Waals surface area contributed by atoms with Crippen molar-refractivity contribution in [1.29, 1.82) is 5.26 Å². The van der Waals surface area contributed by atoms with Crippen molar-refractivity contribution in [2.24, 2.45) is 0 Å². The van der Waals surface area contributed by atoms with Crippen LogP contribution in [0.5, 0.6) is 5.75 Å². The van der Waals surface area contributed by atoms with E-state index in [1.165, 1.54) is 19.2 Å². The quantitative estimate of drug-likeness (QED) is 0.622. The number of hydrogen-bond acceptors (Lipinski definition) is 4. The van der Waals surface area contributed by atoms with Gasteiger partial charge in [0.2, 0.25) is 0 Å². The highest BCUT2D eigenvalue weighted by Crippen LogP contribution is 2.38. The molecule has 4 nitrogen and oxygen atoms in total. The lowest BCUT2D eigenvalue weighted by Crippen LogP contribution is -2.28. The van der Waals surface area contributed by atoms with Gasteiger partial charge in [0.1, 0.15) is 5.75 Å². The third-order valence-corrected chi connectivity index (χ3v) is 4.08. The highest BCUT2D eigenvalue weighted by atomic mass is 19.4. The van der Waals surface area contributed by atoms with E-state index < -0.39 is 17.7 Å². The van der Waals surface area contributed by atoms with Crippen molar-refractivity contribution in [3.8, 4) is 11.7 Å². The Morgan fingerprint density at radius 3 is 2.58 bits per heavy atom. The first-order valence-corrected chi connectivity index (χ1v) is 7.66. The number of carbonyl (C=O) groups is 1. The fourth-order valence-electron chi connectivity index (χ4n) is 2.74. The number of ether oxygens (including phenoxy) is 2. The molecule has 1 aromatic rings. The van der Waals surface area contributed by atoms with Crippen LogP contribution in [0.25, 0.3) is 0 Å². The Morgan fingerprint density at radius 2 is 2.04 bits per heavy atom. The number of methoxy groups -OCH3 is 1. The van der Waals surface area contributed by atoms with Crippen molar-refractivity contribution in [2.45, 2.75) is 44.2 Å². The van der Waals surface area contributed by atoms with Crippen LogP contribution in [0.15, 0.2) is 18.2 Å². The zero-order valence-corrected chi connectivity index (χ0v) is 13.2. The van der Waals surface area contributed by atoms with E-state index in [0.717, 1.165) is 6.07 Å². The van der Waals surface area contributed by atoms with E-state index in [-0.39, 0.29) is 30.6 Å². The summed E-state index contributed by atoms with van der Waals surface area (Å²) >= 11 is 0. The maximum Gasteiger partial charge on any atom is 0.419 e. The Morgan fingerprint density at radius 1 is 1.38 bits per heavy atom. The van der Waals surface area contributed by atoms with Crippen LogP contribution in [-0.4, -0.2) is 25.9 Å². The monoisotopic (exact) mass is 339 g/mol. The molecule has 0 radical (unpaired) electrons. The minimum absolute atomic E-state index is 0.0469. The molecule has 0 aromatic heterocycles. The number of alkyl halides is 3. The smallest absolute Gasteiger partial charge is 0.419 e. The van der Waals surface area contributed by atoms with Crippen LogP contribution in [0.1, 0.15) is 24.0 Å². The summed E-state index contributed by atoms with van der Waals surface area (Å²) in [5.74, 6) is 1.33. The number of benzene rings is 1. The summed E-state index contributed by atoms with van der Waals surface area (Å²) in [6.07, 6.45) is -2.77. The van der Waals surface area contributed by atoms with Crippen LogP contribution in [-0.2, 0) is 22.1 Å². The van der Waals surface area contributed by atoms with E-state index in [9.17, 15) is 18.0 Å². The first-order valence-electron chi connectivity index (χ1n) is 7.66. The fraction of sp³-hybridized carbons (Fsp3) is 0.500. The minimum Gasteiger partial charge on any atom is -0.490 e. The minimum atomic E-state index is -4.58. The first kappa shape index (κ1) is 18.2. The number of halogens is 3. The molecule has 1 heterocycles. The molecule has 2 rings (SSSR count). The second-order valence-electron chi connectivity index (χ2n) is 5.80. The number of nitriles is 1. The number of hydrogen-bond donors (Lipinski definition) is 0. The van der Waals surface area contributed by atoms with Gasteiger partial charge < -0.3 is 9.47 Å². The van der Waals surface area contributed by atoms with Crippen molar-refractivity contribution in [3.05, 3.63) is 29.3 Å². The molecule has 1 fully saturated rings. The molecule has 0 amide bonds. The third kappa shape index (κ3) is 4.67. The summed E-state index contributed by atoms with van der Waals surface area (Å²) in [7, 11) is 1.18. The van der Waals surface area contributed by atoms with Crippen molar-refractivity contribution in [3.63, 3.8) is 0 Å². The maximum absolute atomic E-state index is 13.3. The molecular weight excluding hydrogens is 322 g/mol. The highest BCUT2D eigenvalue weighted by Gasteiger charge is 2.36. The average Bonchev–Trinajstić information content (AvgIpc) is 2.55. The molecule has 8 heteroatoms. The summed E-state index contributed by atoms with van der Waals surface area (Å²) in [5.41, 5.74) is -0.680. The molecule has 0 aliphatic carbocycles. The van der Waals surface area contributed by atoms with Crippen molar-refractivity contribution in [2.75, 3.05) is 7.11 Å². The molecule has 1 aliphatic rings. The number of esters is 1. The largest absolute Gasteiger partial charge is 0.490 e. The van der Waals surface area contributed by atoms with Gasteiger partial charge in [0.25, 0.3) is 6.71 Å². The van der Waals surface area contributed by atoms with E-state index in [2.05, 4.69) is 10.7 Å². The topological polar surface area (TPSA) is 59.3 Å². The van der Waals surface area contributed by atoms with Gasteiger partial charge in [-0.2, -0.15) is 13.2 Å². The standard InChI is InChI=1S/C16H17BF3NO3/c1-23-15(22)9-11-2-3-14(13(8-11)16(18,19)20)24-12-4-6-17(10-21)7-5-12/h2-3,8,12H,4-7,9H2,1H3. The Kier molecular flexibility index (Phi) is 5.76. The van der Waals surface area contributed by atoms with Gasteiger partial charge in [-0.15, -0.1) is 0 Å². The van der Waals surface area contributed by atoms with Crippen LogP contribution in [0.3, 0.4) is 0 Å². The molecule has 0 spiro atoms. The van der Waals surface area contributed by atoms with E-state index in [1.807, 2.05) is 0 Å². The van der Waals surface area contributed by atoms with E-state index in [1.54, 1.807) is 0 Å². The van der Waals surface area contributed by atoms with Crippen LogP contribution in [0.4, 0.5) is 13.2 Å². The molecule has 1 aliphatic heterocycles. The van der Waals surface area contributed by atoms with Gasteiger partial charge in [-0.05, 0) is 30.5 Å². The fourth-order valence-corrected chi connectivity index (χ4v) is 2.74. The molecule has 24 heavy (non-hydrogen) atoms. The van der Waals surface area contributed by atoms with E-state index in [0.29, 0.717) is 25.5 Å². The Hall–Kier alpha value is -2.17. The lowest BCUT2D eigenvalue weighted by Gasteiger charge is -2.26. The number of carbonyl (C=O) groups excluding carboxylic acids is 1. The molecule has 0 bridgehead atoms. The van der Waals surface area contributed by atoms with Crippen LogP contribution < -0.4 is 4.74 Å². The molecule has 128 valence electrons. The van der Waals surface area contributed by atoms with E-state index >= 15 is 0 Å². The number of nitrogens with zero attached hydrogens (tertiary/aromatic N) is 1. The lowest BCUT2D eigenvalue weighted by molar-refractivity contribution is -0.141. The molecule has 0 atom stereocenters. The molecular formula is C16H17BF3NO3. The van der Waals surface area contributed by atoms with Crippen LogP contribution >= 0.6 is 0 Å². The van der Waals surface area contributed by atoms with Crippen LogP contribution in [0, 0.1) is 11.2 Å². The highest BCUT2D eigenvalue weighted by molar-refractivity contribution is 6.67. The van der Waals surface area contributed by atoms with Gasteiger partial charge >= 0.3 is 12.1 Å². The van der Waals surface area contributed by atoms with Gasteiger partial charge in [-0.1, -0.05) is 18.7 Å². The van der Waals surface area contributed by atoms with Crippen LogP contribution in [0.2, 0.25) is 12.6 Å². The Balaban J connectivity index is 2.17. The van der Waals surface area contributed by atoms with Crippen molar-refractivity contribution in [1.82, 2.24) is 0 Å². The van der Waals surface area contributed by atoms with Gasteiger partial charge in [-0.3, -0.25) is 4.79 Å². The molecule has 0 N–H and O–H groups in total. The zero-order chi connectivity index (χ0) is 17.7. The average molecular weight is 339 g/mol. The summed E-state index contributed by atoms with van der Waals surface area (Å²) in [6, 6.07) is 3.60. The molecule has 1 saturated heterocycles. The Labute approximate surface area is 138 Å². The SMILES string of the molecule is COC(=O)Cc1ccc(OC2CCB(C#N)CC2)c(C(F)(F)F)c1. The predicted molar refractivity (Wildman–Crippen MR) is 81.8 cm³/mol. The summed E-state index contributed by atoms with van der Waals surface area (Å²) in [4.78, 5) is 11.2. The summed E-state index contributed by atoms with van der Waals surface area (Å²) in [5, 5.41) is 8.86. The van der Waals surface area contributed by atoms with E-state index in [4.69, 9.17) is 10.00 Å². The zero-order valence-electron chi connectivity index (χ0n) is 13.2. The van der Waals surface area contributed by atoms with Crippen molar-refractivity contribution >= 4 is 12.7 Å². The Bertz CT molecular complexity index is 634. The lowest BCUT2D eigenvalue weighted by atomic mass is 9.42. The van der Waals surface area contributed by atoms with Gasteiger partial charge in [-0.25, -0.2) is 5.26 Å². The molecule has 0 saturated carbocycles. The summed E-state index contributed by atoms with van der Waals surface area (Å²) in [6.45, 7) is -0.0469. The maximum atomic E-state index is 13.3. The van der Waals surface area contributed by atoms with Crippen molar-refractivity contribution < 1.29 is 27.4 Å². The normalized spacial score (nSPS) is 15.7. The third-order valence-electron chi connectivity index (χ3n) is 4.08. The second kappa shape index (κ2) is 7.60. The predicted octanol–water partition coefficient (Wildman–Crippen LogP) is 3.52. The first-order chi connectivity index (χ1) is 11.3. The van der Waals surface area contributed by atoms with Gasteiger partial charge in [0, 0.05) is 5.97 Å². The second-order valence-corrected chi connectivity index (χ2v) is 5.80. The van der Waals surface area contributed by atoms with Gasteiger partial charge in [0.05, 0.1) is 25.2 Å².